The number of nitrogens with zero attached hydrogens (tertiary/aromatic N) is 2. The fourth-order valence-corrected chi connectivity index (χ4v) is 1.60. The Kier molecular flexibility index (Phi) is 3.23. The molecule has 0 amide bonds. The zero-order valence-electron chi connectivity index (χ0n) is 9.94. The maximum Gasteiger partial charge on any atom is 0.118 e. The Hall–Kier alpha value is -2.10. The van der Waals surface area contributed by atoms with Crippen molar-refractivity contribution in [2.24, 2.45) is 0 Å². The van der Waals surface area contributed by atoms with E-state index in [2.05, 4.69) is 15.3 Å². The van der Waals surface area contributed by atoms with Gasteiger partial charge >= 0.3 is 0 Å². The van der Waals surface area contributed by atoms with E-state index in [1.54, 1.807) is 12.3 Å². The Morgan fingerprint density at radius 2 is 2.06 bits per heavy atom. The molecule has 0 aliphatic carbocycles. The van der Waals surface area contributed by atoms with E-state index in [0.29, 0.717) is 12.3 Å². The molecule has 1 aromatic carbocycles. The van der Waals surface area contributed by atoms with E-state index in [1.807, 2.05) is 26.0 Å². The Balaban J connectivity index is 2.12. The van der Waals surface area contributed by atoms with Crippen LogP contribution in [0.15, 0.2) is 30.7 Å². The van der Waals surface area contributed by atoms with Crippen molar-refractivity contribution in [3.8, 4) is 5.75 Å². The molecule has 0 radical (unpaired) electrons. The monoisotopic (exact) mass is 229 g/mol. The van der Waals surface area contributed by atoms with Crippen LogP contribution in [-0.4, -0.2) is 15.1 Å². The summed E-state index contributed by atoms with van der Waals surface area (Å²) in [6, 6.07) is 5.57. The van der Waals surface area contributed by atoms with E-state index < -0.39 is 0 Å². The van der Waals surface area contributed by atoms with Crippen molar-refractivity contribution in [2.75, 3.05) is 5.32 Å². The van der Waals surface area contributed by atoms with Crippen molar-refractivity contribution >= 4 is 5.69 Å². The highest BCUT2D eigenvalue weighted by molar-refractivity contribution is 5.56. The average Bonchev–Trinajstić information content (AvgIpc) is 2.33. The molecule has 1 heterocycles. The Bertz CT molecular complexity index is 512. The van der Waals surface area contributed by atoms with Crippen LogP contribution in [-0.2, 0) is 6.54 Å². The van der Waals surface area contributed by atoms with Crippen LogP contribution in [0, 0.1) is 13.8 Å². The van der Waals surface area contributed by atoms with Gasteiger partial charge in [0.15, 0.2) is 0 Å². The first-order valence-corrected chi connectivity index (χ1v) is 5.46. The number of phenolic OH excluding ortho intramolecular Hbond substituents is 1. The van der Waals surface area contributed by atoms with Gasteiger partial charge in [-0.3, -0.25) is 0 Å². The van der Waals surface area contributed by atoms with Crippen LogP contribution in [0.25, 0.3) is 0 Å². The molecule has 0 atom stereocenters. The molecule has 0 aliphatic rings. The normalized spacial score (nSPS) is 10.2. The Labute approximate surface area is 100 Å². The lowest BCUT2D eigenvalue weighted by atomic mass is 10.1. The van der Waals surface area contributed by atoms with Gasteiger partial charge in [-0.1, -0.05) is 0 Å². The summed E-state index contributed by atoms with van der Waals surface area (Å²) in [5, 5.41) is 12.9. The number of hydrogen-bond donors (Lipinski definition) is 2. The molecule has 0 saturated carbocycles. The summed E-state index contributed by atoms with van der Waals surface area (Å²) in [6.45, 7) is 4.49. The van der Waals surface area contributed by atoms with Gasteiger partial charge in [0.1, 0.15) is 12.1 Å². The van der Waals surface area contributed by atoms with Crippen LogP contribution in [0.3, 0.4) is 0 Å². The maximum absolute atomic E-state index is 9.56. The molecule has 0 bridgehead atoms. The van der Waals surface area contributed by atoms with Gasteiger partial charge in [-0.05, 0) is 43.2 Å². The number of rotatable bonds is 3. The van der Waals surface area contributed by atoms with Crippen molar-refractivity contribution in [3.63, 3.8) is 0 Å². The van der Waals surface area contributed by atoms with Crippen molar-refractivity contribution in [1.82, 2.24) is 9.97 Å². The van der Waals surface area contributed by atoms with Crippen LogP contribution >= 0.6 is 0 Å². The molecule has 4 heteroatoms. The average molecular weight is 229 g/mol. The predicted octanol–water partition coefficient (Wildman–Crippen LogP) is 2.41. The Morgan fingerprint density at radius 3 is 2.76 bits per heavy atom. The number of nitrogens with one attached hydrogen (secondary N) is 1. The molecule has 2 N–H and O–H groups in total. The third-order valence-corrected chi connectivity index (χ3v) is 2.65. The molecule has 88 valence electrons. The summed E-state index contributed by atoms with van der Waals surface area (Å²) in [7, 11) is 0. The van der Waals surface area contributed by atoms with Crippen molar-refractivity contribution < 1.29 is 5.11 Å². The molecule has 4 nitrogen and oxygen atoms in total. The first kappa shape index (κ1) is 11.4. The second kappa shape index (κ2) is 4.82. The van der Waals surface area contributed by atoms with Crippen molar-refractivity contribution in [3.05, 3.63) is 47.5 Å². The van der Waals surface area contributed by atoms with Gasteiger partial charge in [0.2, 0.25) is 0 Å². The topological polar surface area (TPSA) is 58.0 Å². The zero-order valence-corrected chi connectivity index (χ0v) is 9.94. The summed E-state index contributed by atoms with van der Waals surface area (Å²) in [6.07, 6.45) is 3.25. The van der Waals surface area contributed by atoms with Crippen LogP contribution in [0.5, 0.6) is 5.75 Å². The highest BCUT2D eigenvalue weighted by atomic mass is 16.3. The molecule has 1 aromatic heterocycles. The number of phenols is 1. The zero-order chi connectivity index (χ0) is 12.3. The summed E-state index contributed by atoms with van der Waals surface area (Å²) >= 11 is 0. The van der Waals surface area contributed by atoms with Crippen molar-refractivity contribution in [1.29, 1.82) is 0 Å². The van der Waals surface area contributed by atoms with Crippen LogP contribution in [0.4, 0.5) is 5.69 Å². The molecule has 2 aromatic rings. The van der Waals surface area contributed by atoms with E-state index >= 15 is 0 Å². The van der Waals surface area contributed by atoms with Gasteiger partial charge in [-0.25, -0.2) is 9.97 Å². The SMILES string of the molecule is Cc1cc(NCc2ccncn2)c(C)cc1O. The molecular weight excluding hydrogens is 214 g/mol. The molecule has 0 spiro atoms. The van der Waals surface area contributed by atoms with Gasteiger partial charge < -0.3 is 10.4 Å². The lowest BCUT2D eigenvalue weighted by Crippen LogP contribution is -2.03. The molecule has 0 aliphatic heterocycles. The number of benzene rings is 1. The molecule has 0 fully saturated rings. The first-order chi connectivity index (χ1) is 8.16. The van der Waals surface area contributed by atoms with Gasteiger partial charge in [0.25, 0.3) is 0 Å². The third-order valence-electron chi connectivity index (χ3n) is 2.65. The van der Waals surface area contributed by atoms with Crippen LogP contribution < -0.4 is 5.32 Å². The number of aromatic hydroxyl groups is 1. The van der Waals surface area contributed by atoms with Crippen LogP contribution in [0.1, 0.15) is 16.8 Å². The first-order valence-electron chi connectivity index (χ1n) is 5.46. The Morgan fingerprint density at radius 1 is 1.24 bits per heavy atom. The standard InChI is InChI=1S/C13H15N3O/c1-9-6-13(17)10(2)5-12(9)15-7-11-3-4-14-8-16-11/h3-6,8,15,17H,7H2,1-2H3. The minimum atomic E-state index is 0.329. The lowest BCUT2D eigenvalue weighted by molar-refractivity contribution is 0.471. The highest BCUT2D eigenvalue weighted by Crippen LogP contribution is 2.25. The summed E-state index contributed by atoms with van der Waals surface area (Å²) in [5.41, 5.74) is 3.83. The van der Waals surface area contributed by atoms with E-state index in [1.165, 1.54) is 6.33 Å². The number of aryl methyl sites for hydroxylation is 2. The fraction of sp³-hybridized carbons (Fsp3) is 0.231. The summed E-state index contributed by atoms with van der Waals surface area (Å²) in [4.78, 5) is 8.01. The minimum Gasteiger partial charge on any atom is -0.508 e. The fourth-order valence-electron chi connectivity index (χ4n) is 1.60. The van der Waals surface area contributed by atoms with Crippen molar-refractivity contribution in [2.45, 2.75) is 20.4 Å². The quantitative estimate of drug-likeness (QED) is 0.793. The molecular formula is C13H15N3O. The van der Waals surface area contributed by atoms with E-state index in [-0.39, 0.29) is 0 Å². The van der Waals surface area contributed by atoms with Gasteiger partial charge in [0.05, 0.1) is 12.2 Å². The highest BCUT2D eigenvalue weighted by Gasteiger charge is 2.03. The smallest absolute Gasteiger partial charge is 0.118 e. The number of hydrogen-bond acceptors (Lipinski definition) is 4. The van der Waals surface area contributed by atoms with E-state index in [9.17, 15) is 5.11 Å². The van der Waals surface area contributed by atoms with Gasteiger partial charge in [-0.2, -0.15) is 0 Å². The molecule has 2 rings (SSSR count). The predicted molar refractivity (Wildman–Crippen MR) is 66.9 cm³/mol. The second-order valence-electron chi connectivity index (χ2n) is 4.01. The van der Waals surface area contributed by atoms with Gasteiger partial charge in [-0.15, -0.1) is 0 Å². The summed E-state index contributed by atoms with van der Waals surface area (Å²) < 4.78 is 0. The third kappa shape index (κ3) is 2.72. The maximum atomic E-state index is 9.56. The van der Waals surface area contributed by atoms with Crippen LogP contribution in [0.2, 0.25) is 0 Å². The molecule has 0 unspecified atom stereocenters. The molecule has 0 saturated heterocycles. The minimum absolute atomic E-state index is 0.329. The number of anilines is 1. The lowest BCUT2D eigenvalue weighted by Gasteiger charge is -2.11. The second-order valence-corrected chi connectivity index (χ2v) is 4.01. The van der Waals surface area contributed by atoms with E-state index in [0.717, 1.165) is 22.5 Å². The number of aromatic nitrogens is 2. The largest absolute Gasteiger partial charge is 0.508 e. The molecule has 17 heavy (non-hydrogen) atoms. The summed E-state index contributed by atoms with van der Waals surface area (Å²) in [5.74, 6) is 0.329. The van der Waals surface area contributed by atoms with E-state index in [4.69, 9.17) is 0 Å². The van der Waals surface area contributed by atoms with Gasteiger partial charge in [0, 0.05) is 11.9 Å².